The lowest BCUT2D eigenvalue weighted by Crippen LogP contribution is -2.39. The lowest BCUT2D eigenvalue weighted by atomic mass is 9.90. The van der Waals surface area contributed by atoms with Gasteiger partial charge < -0.3 is 10.4 Å². The molecular formula is C17H13F6N5O. The fraction of sp³-hybridized carbons (Fsp3) is 0.353. The number of benzene rings is 1. The van der Waals surface area contributed by atoms with Crippen LogP contribution in [0.4, 0.5) is 32.3 Å². The van der Waals surface area contributed by atoms with E-state index in [1.807, 2.05) is 0 Å². The molecule has 2 aromatic heterocycles. The zero-order chi connectivity index (χ0) is 21.0. The van der Waals surface area contributed by atoms with Crippen molar-refractivity contribution < 1.29 is 31.4 Å². The molecule has 0 spiro atoms. The molecule has 0 saturated heterocycles. The number of imidazole rings is 1. The summed E-state index contributed by atoms with van der Waals surface area (Å²) in [6, 6.07) is 1.29. The zero-order valence-corrected chi connectivity index (χ0v) is 14.5. The quantitative estimate of drug-likeness (QED) is 0.635. The Hall–Kier alpha value is -2.89. The Morgan fingerprint density at radius 2 is 1.76 bits per heavy atom. The van der Waals surface area contributed by atoms with Crippen LogP contribution in [-0.2, 0) is 12.4 Å². The summed E-state index contributed by atoms with van der Waals surface area (Å²) in [5, 5.41) is 20.1. The average molecular weight is 417 g/mol. The van der Waals surface area contributed by atoms with Crippen molar-refractivity contribution >= 4 is 11.5 Å². The van der Waals surface area contributed by atoms with Crippen LogP contribution in [0.25, 0.3) is 16.8 Å². The Morgan fingerprint density at radius 1 is 1.03 bits per heavy atom. The SMILES string of the molecule is OC1CC(Nc2nnc(-c3ccc(C(F)(F)F)cc3C(F)(F)F)c3cncn23)C1. The van der Waals surface area contributed by atoms with Crippen LogP contribution in [0.5, 0.6) is 0 Å². The van der Waals surface area contributed by atoms with Crippen LogP contribution in [0.2, 0.25) is 0 Å². The second kappa shape index (κ2) is 6.58. The standard InChI is InChI=1S/C17H13F6N5O/c18-16(19,20)8-1-2-11(12(3-8)17(21,22)23)14-13-6-24-7-28(13)15(27-26-14)25-9-4-10(29)5-9/h1-3,6-7,9-10,29H,4-5H2,(H,25,27). The minimum atomic E-state index is -5.03. The van der Waals surface area contributed by atoms with Gasteiger partial charge in [0.15, 0.2) is 0 Å². The Kier molecular flexibility index (Phi) is 4.41. The van der Waals surface area contributed by atoms with Gasteiger partial charge in [-0.3, -0.25) is 4.40 Å². The molecule has 0 unspecified atom stereocenters. The largest absolute Gasteiger partial charge is 0.417 e. The molecular weight excluding hydrogens is 404 g/mol. The normalized spacial score (nSPS) is 20.0. The number of hydrogen-bond donors (Lipinski definition) is 2. The van der Waals surface area contributed by atoms with Gasteiger partial charge in [-0.2, -0.15) is 26.3 Å². The molecule has 2 heterocycles. The summed E-state index contributed by atoms with van der Waals surface area (Å²) in [7, 11) is 0. The van der Waals surface area contributed by atoms with Crippen LogP contribution in [0, 0.1) is 0 Å². The van der Waals surface area contributed by atoms with E-state index in [1.165, 1.54) is 16.9 Å². The molecule has 0 amide bonds. The van der Waals surface area contributed by atoms with E-state index in [0.717, 1.165) is 6.07 Å². The number of aromatic nitrogens is 4. The van der Waals surface area contributed by atoms with Gasteiger partial charge in [-0.05, 0) is 25.0 Å². The molecule has 0 radical (unpaired) electrons. The number of nitrogens with zero attached hydrogens (tertiary/aromatic N) is 4. The van der Waals surface area contributed by atoms with Crippen LogP contribution in [-0.4, -0.2) is 36.8 Å². The second-order valence-electron chi connectivity index (χ2n) is 6.74. The third kappa shape index (κ3) is 3.59. The topological polar surface area (TPSA) is 75.3 Å². The van der Waals surface area contributed by atoms with Crippen LogP contribution >= 0.6 is 0 Å². The van der Waals surface area contributed by atoms with E-state index >= 15 is 0 Å². The number of halogens is 6. The van der Waals surface area contributed by atoms with Gasteiger partial charge in [0.25, 0.3) is 0 Å². The third-order valence-electron chi connectivity index (χ3n) is 4.71. The van der Waals surface area contributed by atoms with E-state index in [2.05, 4.69) is 20.5 Å². The van der Waals surface area contributed by atoms with Crippen molar-refractivity contribution in [2.75, 3.05) is 5.32 Å². The number of fused-ring (bicyclic) bond motifs is 1. The first-order valence-electron chi connectivity index (χ1n) is 8.46. The van der Waals surface area contributed by atoms with E-state index < -0.39 is 35.1 Å². The number of rotatable bonds is 3. The van der Waals surface area contributed by atoms with Gasteiger partial charge in [0, 0.05) is 11.6 Å². The Balaban J connectivity index is 1.82. The Labute approximate surface area is 159 Å². The van der Waals surface area contributed by atoms with Crippen LogP contribution in [0.1, 0.15) is 24.0 Å². The van der Waals surface area contributed by atoms with Gasteiger partial charge in [-0.25, -0.2) is 4.98 Å². The molecule has 1 aliphatic rings. The van der Waals surface area contributed by atoms with E-state index in [-0.39, 0.29) is 29.3 Å². The highest BCUT2D eigenvalue weighted by molar-refractivity contribution is 5.79. The molecule has 12 heteroatoms. The van der Waals surface area contributed by atoms with E-state index in [1.54, 1.807) is 0 Å². The minimum Gasteiger partial charge on any atom is -0.393 e. The summed E-state index contributed by atoms with van der Waals surface area (Å²) in [6.45, 7) is 0. The monoisotopic (exact) mass is 417 g/mol. The molecule has 1 aromatic carbocycles. The van der Waals surface area contributed by atoms with Crippen molar-refractivity contribution in [1.29, 1.82) is 0 Å². The first kappa shape index (κ1) is 19.4. The molecule has 1 saturated carbocycles. The Morgan fingerprint density at radius 3 is 2.38 bits per heavy atom. The third-order valence-corrected chi connectivity index (χ3v) is 4.71. The first-order valence-corrected chi connectivity index (χ1v) is 8.46. The number of anilines is 1. The fourth-order valence-electron chi connectivity index (χ4n) is 3.18. The maximum absolute atomic E-state index is 13.5. The molecule has 0 bridgehead atoms. The van der Waals surface area contributed by atoms with Crippen LogP contribution < -0.4 is 5.32 Å². The highest BCUT2D eigenvalue weighted by Gasteiger charge is 2.39. The van der Waals surface area contributed by atoms with Gasteiger partial charge in [-0.15, -0.1) is 10.2 Å². The number of alkyl halides is 6. The second-order valence-corrected chi connectivity index (χ2v) is 6.74. The van der Waals surface area contributed by atoms with Crippen molar-refractivity contribution in [2.45, 2.75) is 37.3 Å². The molecule has 4 rings (SSSR count). The van der Waals surface area contributed by atoms with E-state index in [9.17, 15) is 31.4 Å². The van der Waals surface area contributed by atoms with Crippen LogP contribution in [0.15, 0.2) is 30.7 Å². The number of aliphatic hydroxyl groups is 1. The molecule has 0 aliphatic heterocycles. The number of hydrogen-bond acceptors (Lipinski definition) is 5. The van der Waals surface area contributed by atoms with Crippen molar-refractivity contribution in [2.24, 2.45) is 0 Å². The van der Waals surface area contributed by atoms with Gasteiger partial charge in [0.1, 0.15) is 12.0 Å². The smallest absolute Gasteiger partial charge is 0.393 e. The molecule has 2 N–H and O–H groups in total. The first-order chi connectivity index (χ1) is 13.5. The molecule has 6 nitrogen and oxygen atoms in total. The lowest BCUT2D eigenvalue weighted by molar-refractivity contribution is -0.142. The predicted octanol–water partition coefficient (Wildman–Crippen LogP) is 3.76. The maximum atomic E-state index is 13.5. The van der Waals surface area contributed by atoms with Crippen molar-refractivity contribution in [3.63, 3.8) is 0 Å². The summed E-state index contributed by atoms with van der Waals surface area (Å²) >= 11 is 0. The fourth-order valence-corrected chi connectivity index (χ4v) is 3.18. The molecule has 29 heavy (non-hydrogen) atoms. The average Bonchev–Trinajstić information content (AvgIpc) is 3.08. The van der Waals surface area contributed by atoms with Gasteiger partial charge in [-0.1, -0.05) is 6.07 Å². The maximum Gasteiger partial charge on any atom is 0.417 e. The molecule has 0 atom stereocenters. The molecule has 1 aliphatic carbocycles. The van der Waals surface area contributed by atoms with E-state index in [0.29, 0.717) is 18.9 Å². The Bertz CT molecular complexity index is 1050. The summed E-state index contributed by atoms with van der Waals surface area (Å²) in [6.07, 6.45) is -6.86. The van der Waals surface area contributed by atoms with Crippen LogP contribution in [0.3, 0.4) is 0 Å². The highest BCUT2D eigenvalue weighted by atomic mass is 19.4. The highest BCUT2D eigenvalue weighted by Crippen LogP contribution is 2.41. The number of nitrogens with one attached hydrogen (secondary N) is 1. The van der Waals surface area contributed by atoms with E-state index in [4.69, 9.17) is 0 Å². The molecule has 1 fully saturated rings. The molecule has 3 aromatic rings. The van der Waals surface area contributed by atoms with Gasteiger partial charge >= 0.3 is 12.4 Å². The minimum absolute atomic E-state index is 0.0613. The summed E-state index contributed by atoms with van der Waals surface area (Å²) in [5.74, 6) is 0.207. The summed E-state index contributed by atoms with van der Waals surface area (Å²) in [5.41, 5.74) is -3.51. The number of aliphatic hydroxyl groups excluding tert-OH is 1. The lowest BCUT2D eigenvalue weighted by Gasteiger charge is -2.32. The summed E-state index contributed by atoms with van der Waals surface area (Å²) < 4.78 is 80.5. The van der Waals surface area contributed by atoms with Crippen molar-refractivity contribution in [3.05, 3.63) is 41.9 Å². The van der Waals surface area contributed by atoms with Crippen molar-refractivity contribution in [3.8, 4) is 11.3 Å². The van der Waals surface area contributed by atoms with Crippen molar-refractivity contribution in [1.82, 2.24) is 19.6 Å². The predicted molar refractivity (Wildman–Crippen MR) is 88.9 cm³/mol. The summed E-state index contributed by atoms with van der Waals surface area (Å²) in [4.78, 5) is 3.90. The molecule has 154 valence electrons. The van der Waals surface area contributed by atoms with Gasteiger partial charge in [0.05, 0.1) is 28.9 Å². The zero-order valence-electron chi connectivity index (χ0n) is 14.5. The van der Waals surface area contributed by atoms with Gasteiger partial charge in [0.2, 0.25) is 5.95 Å².